The molecule has 5 nitrogen and oxygen atoms in total. The Kier molecular flexibility index (Phi) is 5.55. The molecule has 0 unspecified atom stereocenters. The number of fused-ring (bicyclic) bond motifs is 1. The number of carbonyl (C=O) groups is 1. The van der Waals surface area contributed by atoms with Crippen LogP contribution in [0.5, 0.6) is 5.75 Å². The molecule has 2 saturated heterocycles. The van der Waals surface area contributed by atoms with Crippen LogP contribution in [0.1, 0.15) is 40.2 Å². The first-order chi connectivity index (χ1) is 12.6. The maximum Gasteiger partial charge on any atom is 0.228 e. The number of rotatable bonds is 3. The van der Waals surface area contributed by atoms with Gasteiger partial charge >= 0.3 is 0 Å². The summed E-state index contributed by atoms with van der Waals surface area (Å²) in [6.45, 7) is 16.3. The summed E-state index contributed by atoms with van der Waals surface area (Å²) in [4.78, 5) is 20.0. The Bertz CT molecular complexity index is 663. The number of nitrogens with zero attached hydrogens (tertiary/aromatic N) is 3. The van der Waals surface area contributed by atoms with Gasteiger partial charge in [0.25, 0.3) is 0 Å². The predicted octanol–water partition coefficient (Wildman–Crippen LogP) is 2.85. The number of methoxy groups -OCH3 is 1. The summed E-state index contributed by atoms with van der Waals surface area (Å²) >= 11 is 0. The zero-order valence-electron chi connectivity index (χ0n) is 17.8. The van der Waals surface area contributed by atoms with E-state index in [1.54, 1.807) is 7.11 Å². The van der Waals surface area contributed by atoms with Gasteiger partial charge in [-0.3, -0.25) is 14.6 Å². The maximum atomic E-state index is 12.8. The van der Waals surface area contributed by atoms with Gasteiger partial charge in [-0.1, -0.05) is 32.9 Å². The van der Waals surface area contributed by atoms with Gasteiger partial charge in [0.1, 0.15) is 5.75 Å². The van der Waals surface area contributed by atoms with E-state index in [0.717, 1.165) is 45.0 Å². The Hall–Kier alpha value is -1.59. The third-order valence-corrected chi connectivity index (χ3v) is 5.83. The maximum absolute atomic E-state index is 12.8. The number of carbonyl (C=O) groups excluding carboxylic acids is 1. The van der Waals surface area contributed by atoms with Gasteiger partial charge in [0.05, 0.1) is 7.11 Å². The summed E-state index contributed by atoms with van der Waals surface area (Å²) in [6, 6.07) is 8.75. The van der Waals surface area contributed by atoms with Crippen LogP contribution in [-0.2, 0) is 11.3 Å². The molecule has 5 heteroatoms. The van der Waals surface area contributed by atoms with E-state index in [1.165, 1.54) is 5.56 Å². The second kappa shape index (κ2) is 7.44. The summed E-state index contributed by atoms with van der Waals surface area (Å²) < 4.78 is 5.27. The summed E-state index contributed by atoms with van der Waals surface area (Å²) in [6.07, 6.45) is 0. The van der Waals surface area contributed by atoms with Gasteiger partial charge < -0.3 is 9.64 Å². The molecular weight excluding hydrogens is 338 g/mol. The third-order valence-electron chi connectivity index (χ3n) is 5.83. The molecule has 3 rings (SSSR count). The minimum Gasteiger partial charge on any atom is -0.497 e. The fourth-order valence-electron chi connectivity index (χ4n) is 4.58. The fraction of sp³-hybridized carbons (Fsp3) is 0.682. The highest BCUT2D eigenvalue weighted by molar-refractivity contribution is 5.81. The van der Waals surface area contributed by atoms with E-state index in [2.05, 4.69) is 40.7 Å². The lowest BCUT2D eigenvalue weighted by Gasteiger charge is -2.56. The molecule has 27 heavy (non-hydrogen) atoms. The van der Waals surface area contributed by atoms with Crippen molar-refractivity contribution in [1.82, 2.24) is 14.7 Å². The van der Waals surface area contributed by atoms with Gasteiger partial charge in [0.2, 0.25) is 5.91 Å². The van der Waals surface area contributed by atoms with Crippen LogP contribution in [0.3, 0.4) is 0 Å². The van der Waals surface area contributed by atoms with Crippen LogP contribution in [-0.4, -0.2) is 72.0 Å². The zero-order valence-corrected chi connectivity index (χ0v) is 17.8. The molecule has 0 aromatic heterocycles. The number of piperazine rings is 2. The Labute approximate surface area is 164 Å². The normalized spacial score (nSPS) is 23.8. The van der Waals surface area contributed by atoms with Crippen molar-refractivity contribution in [1.29, 1.82) is 0 Å². The van der Waals surface area contributed by atoms with Crippen LogP contribution in [0.4, 0.5) is 0 Å². The lowest BCUT2D eigenvalue weighted by molar-refractivity contribution is -0.147. The average molecular weight is 374 g/mol. The molecule has 1 atom stereocenters. The van der Waals surface area contributed by atoms with Crippen LogP contribution >= 0.6 is 0 Å². The molecular formula is C22H35N3O2. The molecule has 2 heterocycles. The first kappa shape index (κ1) is 20.2. The Morgan fingerprint density at radius 3 is 2.41 bits per heavy atom. The topological polar surface area (TPSA) is 36.0 Å². The third kappa shape index (κ3) is 4.46. The first-order valence-electron chi connectivity index (χ1n) is 10.0. The van der Waals surface area contributed by atoms with Gasteiger partial charge in [-0.25, -0.2) is 0 Å². The van der Waals surface area contributed by atoms with Gasteiger partial charge in [-0.2, -0.15) is 0 Å². The van der Waals surface area contributed by atoms with Crippen molar-refractivity contribution in [3.05, 3.63) is 29.8 Å². The summed E-state index contributed by atoms with van der Waals surface area (Å²) in [5.74, 6) is 1.17. The first-order valence-corrected chi connectivity index (χ1v) is 10.0. The highest BCUT2D eigenvalue weighted by Gasteiger charge is 2.44. The number of amides is 1. The van der Waals surface area contributed by atoms with Crippen molar-refractivity contribution in [3.8, 4) is 5.75 Å². The van der Waals surface area contributed by atoms with Crippen LogP contribution in [0.2, 0.25) is 0 Å². The summed E-state index contributed by atoms with van der Waals surface area (Å²) in [5, 5.41) is 0. The molecule has 0 aliphatic carbocycles. The lowest BCUT2D eigenvalue weighted by Crippen LogP contribution is -2.70. The number of hydrogen-bond acceptors (Lipinski definition) is 4. The van der Waals surface area contributed by atoms with Crippen LogP contribution in [0, 0.1) is 5.41 Å². The summed E-state index contributed by atoms with van der Waals surface area (Å²) in [5.41, 5.74) is 1.11. The van der Waals surface area contributed by atoms with E-state index in [-0.39, 0.29) is 16.9 Å². The van der Waals surface area contributed by atoms with Gasteiger partial charge in [-0.15, -0.1) is 0 Å². The van der Waals surface area contributed by atoms with Crippen molar-refractivity contribution in [3.63, 3.8) is 0 Å². The summed E-state index contributed by atoms with van der Waals surface area (Å²) in [7, 11) is 1.70. The Balaban J connectivity index is 1.70. The predicted molar refractivity (Wildman–Crippen MR) is 109 cm³/mol. The highest BCUT2D eigenvalue weighted by atomic mass is 16.5. The van der Waals surface area contributed by atoms with E-state index >= 15 is 0 Å². The Morgan fingerprint density at radius 1 is 1.15 bits per heavy atom. The van der Waals surface area contributed by atoms with Crippen molar-refractivity contribution < 1.29 is 9.53 Å². The molecule has 1 aromatic carbocycles. The quantitative estimate of drug-likeness (QED) is 0.816. The van der Waals surface area contributed by atoms with Crippen molar-refractivity contribution in [2.24, 2.45) is 5.41 Å². The number of ether oxygens (including phenoxy) is 1. The van der Waals surface area contributed by atoms with Crippen molar-refractivity contribution >= 4 is 5.91 Å². The molecule has 1 aromatic rings. The number of benzene rings is 1. The van der Waals surface area contributed by atoms with E-state index in [1.807, 2.05) is 32.9 Å². The van der Waals surface area contributed by atoms with Crippen LogP contribution < -0.4 is 4.74 Å². The minimum atomic E-state index is -0.310. The average Bonchev–Trinajstić information content (AvgIpc) is 2.60. The second-order valence-electron chi connectivity index (χ2n) is 9.68. The standard InChI is InChI=1S/C22H35N3O2/c1-21(2,3)20(26)24-11-12-25-18(15-24)14-23(16-22(25,4)5)13-17-7-9-19(27-6)10-8-17/h7-10,18H,11-16H2,1-6H3/t18-/m1/s1. The molecule has 150 valence electrons. The largest absolute Gasteiger partial charge is 0.497 e. The van der Waals surface area contributed by atoms with Crippen LogP contribution in [0.25, 0.3) is 0 Å². The van der Waals surface area contributed by atoms with E-state index in [0.29, 0.717) is 6.04 Å². The second-order valence-corrected chi connectivity index (χ2v) is 9.68. The molecule has 1 amide bonds. The fourth-order valence-corrected chi connectivity index (χ4v) is 4.58. The Morgan fingerprint density at radius 2 is 1.81 bits per heavy atom. The van der Waals surface area contributed by atoms with E-state index < -0.39 is 0 Å². The van der Waals surface area contributed by atoms with Crippen LogP contribution in [0.15, 0.2) is 24.3 Å². The monoisotopic (exact) mass is 373 g/mol. The molecule has 0 bridgehead atoms. The smallest absolute Gasteiger partial charge is 0.228 e. The molecule has 2 aliphatic heterocycles. The lowest BCUT2D eigenvalue weighted by atomic mass is 9.90. The zero-order chi connectivity index (χ0) is 19.8. The molecule has 2 aliphatic rings. The van der Waals surface area contributed by atoms with Gasteiger partial charge in [0.15, 0.2) is 0 Å². The van der Waals surface area contributed by atoms with Gasteiger partial charge in [-0.05, 0) is 31.5 Å². The van der Waals surface area contributed by atoms with Crippen molar-refractivity contribution in [2.45, 2.75) is 52.7 Å². The highest BCUT2D eigenvalue weighted by Crippen LogP contribution is 2.30. The molecule has 0 radical (unpaired) electrons. The van der Waals surface area contributed by atoms with Crippen molar-refractivity contribution in [2.75, 3.05) is 39.8 Å². The molecule has 0 N–H and O–H groups in total. The SMILES string of the molecule is COc1ccc(CN2C[C@@H]3CN(C(=O)C(C)(C)C)CCN3C(C)(C)C2)cc1. The number of hydrogen-bond donors (Lipinski definition) is 0. The van der Waals surface area contributed by atoms with Gasteiger partial charge in [0, 0.05) is 56.3 Å². The molecule has 0 spiro atoms. The molecule has 2 fully saturated rings. The van der Waals surface area contributed by atoms with E-state index in [9.17, 15) is 4.79 Å². The molecule has 0 saturated carbocycles. The van der Waals surface area contributed by atoms with E-state index in [4.69, 9.17) is 4.74 Å². The minimum absolute atomic E-state index is 0.117.